The van der Waals surface area contributed by atoms with E-state index >= 15 is 0 Å². The smallest absolute Gasteiger partial charge is 0.262 e. The maximum Gasteiger partial charge on any atom is 0.262 e. The molecular formula is C21H24ClN3O3S. The normalized spacial score (nSPS) is 21.4. The molecular weight excluding hydrogens is 410 g/mol. The van der Waals surface area contributed by atoms with Crippen molar-refractivity contribution in [2.45, 2.75) is 25.3 Å². The van der Waals surface area contributed by atoms with Crippen molar-refractivity contribution in [1.82, 2.24) is 10.6 Å². The number of rotatable bonds is 5. The number of fused-ring (bicyclic) bond motifs is 1. The molecule has 0 saturated carbocycles. The molecule has 0 unspecified atom stereocenters. The molecule has 0 spiro atoms. The summed E-state index contributed by atoms with van der Waals surface area (Å²) in [5.74, 6) is -0.612. The zero-order valence-electron chi connectivity index (χ0n) is 16.2. The molecule has 1 aromatic heterocycles. The van der Waals surface area contributed by atoms with Gasteiger partial charge in [-0.3, -0.25) is 9.59 Å². The van der Waals surface area contributed by atoms with Crippen LogP contribution in [0.5, 0.6) is 0 Å². The van der Waals surface area contributed by atoms with E-state index in [-0.39, 0.29) is 17.7 Å². The fourth-order valence-corrected chi connectivity index (χ4v) is 5.11. The lowest BCUT2D eigenvalue weighted by molar-refractivity contribution is -0.123. The van der Waals surface area contributed by atoms with Crippen LogP contribution in [0.3, 0.4) is 0 Å². The van der Waals surface area contributed by atoms with Crippen molar-refractivity contribution in [3.05, 3.63) is 51.4 Å². The molecule has 29 heavy (non-hydrogen) atoms. The fraction of sp³-hybridized carbons (Fsp3) is 0.429. The third kappa shape index (κ3) is 4.13. The maximum atomic E-state index is 12.9. The first kappa shape index (κ1) is 20.2. The molecule has 2 aliphatic heterocycles. The van der Waals surface area contributed by atoms with Crippen molar-refractivity contribution in [1.29, 1.82) is 0 Å². The third-order valence-corrected chi connectivity index (χ3v) is 6.75. The van der Waals surface area contributed by atoms with Gasteiger partial charge in [0.05, 0.1) is 23.1 Å². The van der Waals surface area contributed by atoms with Gasteiger partial charge in [0.15, 0.2) is 0 Å². The third-order valence-electron chi connectivity index (χ3n) is 5.29. The highest BCUT2D eigenvalue weighted by Gasteiger charge is 2.40. The summed E-state index contributed by atoms with van der Waals surface area (Å²) in [6, 6.07) is 8.92. The highest BCUT2D eigenvalue weighted by Crippen LogP contribution is 2.42. The van der Waals surface area contributed by atoms with Crippen molar-refractivity contribution in [2.75, 3.05) is 37.7 Å². The lowest BCUT2D eigenvalue weighted by atomic mass is 9.82. The van der Waals surface area contributed by atoms with E-state index < -0.39 is 6.04 Å². The Balaban J connectivity index is 1.74. The van der Waals surface area contributed by atoms with Gasteiger partial charge in [0, 0.05) is 30.6 Å². The van der Waals surface area contributed by atoms with E-state index in [0.717, 1.165) is 35.6 Å². The number of benzene rings is 1. The number of halogens is 1. The first-order valence-electron chi connectivity index (χ1n) is 9.89. The van der Waals surface area contributed by atoms with Gasteiger partial charge >= 0.3 is 0 Å². The van der Waals surface area contributed by atoms with Gasteiger partial charge in [-0.05, 0) is 35.7 Å². The Bertz CT molecular complexity index is 893. The highest BCUT2D eigenvalue weighted by molar-refractivity contribution is 7.18. The fourth-order valence-electron chi connectivity index (χ4n) is 3.83. The Morgan fingerprint density at radius 3 is 2.72 bits per heavy atom. The minimum atomic E-state index is -0.658. The summed E-state index contributed by atoms with van der Waals surface area (Å²) in [5.41, 5.74) is 1.86. The quantitative estimate of drug-likeness (QED) is 0.760. The maximum absolute atomic E-state index is 12.9. The van der Waals surface area contributed by atoms with Gasteiger partial charge in [0.2, 0.25) is 5.91 Å². The van der Waals surface area contributed by atoms with E-state index in [2.05, 4.69) is 21.6 Å². The summed E-state index contributed by atoms with van der Waals surface area (Å²) in [5, 5.41) is 7.56. The van der Waals surface area contributed by atoms with Crippen LogP contribution in [0.4, 0.5) is 5.00 Å². The van der Waals surface area contributed by atoms with E-state index in [1.54, 1.807) is 0 Å². The standard InChI is InChI=1S/C21H24ClN3O3S/c1-2-7-23-20(26)18-17(13-3-5-14(22)6-4-13)15-12-16(25-8-10-28-11-9-25)29-19(15)21(27)24-18/h3-6,12,17-18H,2,7-11H2,1H3,(H,23,26)(H,24,27)/t17-,18-/m1/s1. The summed E-state index contributed by atoms with van der Waals surface area (Å²) in [6.07, 6.45) is 0.836. The summed E-state index contributed by atoms with van der Waals surface area (Å²) in [6.45, 7) is 5.53. The molecule has 2 atom stereocenters. The number of amides is 2. The minimum absolute atomic E-state index is 0.162. The summed E-state index contributed by atoms with van der Waals surface area (Å²) >= 11 is 7.57. The van der Waals surface area contributed by atoms with Gasteiger partial charge in [-0.15, -0.1) is 11.3 Å². The Labute approximate surface area is 179 Å². The van der Waals surface area contributed by atoms with Crippen molar-refractivity contribution >= 4 is 39.8 Å². The molecule has 0 bridgehead atoms. The second kappa shape index (κ2) is 8.73. The summed E-state index contributed by atoms with van der Waals surface area (Å²) < 4.78 is 5.45. The Morgan fingerprint density at radius 1 is 1.31 bits per heavy atom. The van der Waals surface area contributed by atoms with Crippen LogP contribution in [0, 0.1) is 0 Å². The van der Waals surface area contributed by atoms with Crippen molar-refractivity contribution in [3.8, 4) is 0 Å². The van der Waals surface area contributed by atoms with Crippen LogP contribution in [-0.4, -0.2) is 50.7 Å². The molecule has 1 aromatic carbocycles. The monoisotopic (exact) mass is 433 g/mol. The molecule has 154 valence electrons. The van der Waals surface area contributed by atoms with Crippen molar-refractivity contribution in [2.24, 2.45) is 0 Å². The SMILES string of the molecule is CCCNC(=O)[C@@H]1NC(=O)c2sc(N3CCOCC3)cc2[C@H]1c1ccc(Cl)cc1. The highest BCUT2D eigenvalue weighted by atomic mass is 35.5. The molecule has 0 aliphatic carbocycles. The first-order valence-corrected chi connectivity index (χ1v) is 11.1. The lowest BCUT2D eigenvalue weighted by Crippen LogP contribution is -2.53. The number of anilines is 1. The lowest BCUT2D eigenvalue weighted by Gasteiger charge is -2.32. The van der Waals surface area contributed by atoms with Crippen molar-refractivity contribution in [3.63, 3.8) is 0 Å². The molecule has 3 heterocycles. The largest absolute Gasteiger partial charge is 0.378 e. The average molecular weight is 434 g/mol. The Hall–Kier alpha value is -2.09. The predicted octanol–water partition coefficient (Wildman–Crippen LogP) is 3.01. The number of nitrogens with one attached hydrogen (secondary N) is 2. The van der Waals surface area contributed by atoms with Crippen molar-refractivity contribution < 1.29 is 14.3 Å². The second-order valence-corrected chi connectivity index (χ2v) is 8.71. The van der Waals surface area contributed by atoms with E-state index in [1.807, 2.05) is 31.2 Å². The second-order valence-electron chi connectivity index (χ2n) is 7.24. The number of nitrogens with zero attached hydrogens (tertiary/aromatic N) is 1. The van der Waals surface area contributed by atoms with Crippen LogP contribution in [0.2, 0.25) is 5.02 Å². The van der Waals surface area contributed by atoms with Gasteiger partial charge in [-0.2, -0.15) is 0 Å². The molecule has 2 amide bonds. The molecule has 4 rings (SSSR count). The van der Waals surface area contributed by atoms with Crippen LogP contribution in [0.1, 0.15) is 40.1 Å². The van der Waals surface area contributed by atoms with Gasteiger partial charge in [0.1, 0.15) is 6.04 Å². The van der Waals surface area contributed by atoms with Crippen LogP contribution >= 0.6 is 22.9 Å². The number of hydrogen-bond donors (Lipinski definition) is 2. The van der Waals surface area contributed by atoms with E-state index in [1.165, 1.54) is 11.3 Å². The Morgan fingerprint density at radius 2 is 2.03 bits per heavy atom. The van der Waals surface area contributed by atoms with E-state index in [9.17, 15) is 9.59 Å². The summed E-state index contributed by atoms with van der Waals surface area (Å²) in [7, 11) is 0. The first-order chi connectivity index (χ1) is 14.1. The molecule has 1 fully saturated rings. The number of ether oxygens (including phenoxy) is 1. The number of carbonyl (C=O) groups excluding carboxylic acids is 2. The van der Waals surface area contributed by atoms with Gasteiger partial charge < -0.3 is 20.3 Å². The molecule has 2 aliphatic rings. The van der Waals surface area contributed by atoms with Crippen LogP contribution in [0.25, 0.3) is 0 Å². The average Bonchev–Trinajstić information content (AvgIpc) is 3.19. The summed E-state index contributed by atoms with van der Waals surface area (Å²) in [4.78, 5) is 28.7. The molecule has 2 aromatic rings. The molecule has 8 heteroatoms. The zero-order valence-corrected chi connectivity index (χ0v) is 17.8. The molecule has 6 nitrogen and oxygen atoms in total. The number of hydrogen-bond acceptors (Lipinski definition) is 5. The number of carbonyl (C=O) groups is 2. The molecule has 2 N–H and O–H groups in total. The zero-order chi connectivity index (χ0) is 20.4. The Kier molecular flexibility index (Phi) is 6.08. The van der Waals surface area contributed by atoms with Crippen LogP contribution < -0.4 is 15.5 Å². The van der Waals surface area contributed by atoms with Crippen LogP contribution in [0.15, 0.2) is 30.3 Å². The number of morpholine rings is 1. The molecule has 1 saturated heterocycles. The van der Waals surface area contributed by atoms with Gasteiger partial charge in [-0.1, -0.05) is 30.7 Å². The van der Waals surface area contributed by atoms with Gasteiger partial charge in [-0.25, -0.2) is 0 Å². The minimum Gasteiger partial charge on any atom is -0.378 e. The van der Waals surface area contributed by atoms with E-state index in [0.29, 0.717) is 29.7 Å². The van der Waals surface area contributed by atoms with Gasteiger partial charge in [0.25, 0.3) is 5.91 Å². The molecule has 0 radical (unpaired) electrons. The topological polar surface area (TPSA) is 70.7 Å². The number of thiophene rings is 1. The van der Waals surface area contributed by atoms with E-state index in [4.69, 9.17) is 16.3 Å². The predicted molar refractivity (Wildman–Crippen MR) is 115 cm³/mol. The van der Waals surface area contributed by atoms with Crippen LogP contribution in [-0.2, 0) is 9.53 Å².